The van der Waals surface area contributed by atoms with Gasteiger partial charge >= 0.3 is 0 Å². The highest BCUT2D eigenvalue weighted by atomic mass is 35.5. The SMILES string of the molecule is COc1ccc(N(C)c2ccnc(Cl)c2)cc1. The van der Waals surface area contributed by atoms with Crippen LogP contribution < -0.4 is 9.64 Å². The molecule has 1 heterocycles. The summed E-state index contributed by atoms with van der Waals surface area (Å²) < 4.78 is 5.12. The molecule has 17 heavy (non-hydrogen) atoms. The summed E-state index contributed by atoms with van der Waals surface area (Å²) in [5, 5.41) is 0.489. The Hall–Kier alpha value is -1.74. The van der Waals surface area contributed by atoms with E-state index in [4.69, 9.17) is 16.3 Å². The Labute approximate surface area is 106 Å². The van der Waals surface area contributed by atoms with Gasteiger partial charge in [0.05, 0.1) is 7.11 Å². The maximum absolute atomic E-state index is 5.87. The van der Waals surface area contributed by atoms with Crippen LogP contribution in [-0.4, -0.2) is 19.1 Å². The minimum atomic E-state index is 0.489. The van der Waals surface area contributed by atoms with Crippen LogP contribution in [-0.2, 0) is 0 Å². The lowest BCUT2D eigenvalue weighted by atomic mass is 10.2. The molecule has 88 valence electrons. The molecular weight excluding hydrogens is 236 g/mol. The molecule has 0 atom stereocenters. The van der Waals surface area contributed by atoms with Crippen molar-refractivity contribution in [2.45, 2.75) is 0 Å². The van der Waals surface area contributed by atoms with E-state index in [0.717, 1.165) is 17.1 Å². The van der Waals surface area contributed by atoms with E-state index < -0.39 is 0 Å². The van der Waals surface area contributed by atoms with E-state index in [-0.39, 0.29) is 0 Å². The van der Waals surface area contributed by atoms with Gasteiger partial charge < -0.3 is 9.64 Å². The summed E-state index contributed by atoms with van der Waals surface area (Å²) in [4.78, 5) is 6.00. The normalized spacial score (nSPS) is 10.1. The van der Waals surface area contributed by atoms with E-state index in [1.165, 1.54) is 0 Å². The third-order valence-corrected chi connectivity index (χ3v) is 2.76. The number of nitrogens with zero attached hydrogens (tertiary/aromatic N) is 2. The minimum Gasteiger partial charge on any atom is -0.497 e. The molecule has 4 heteroatoms. The number of hydrogen-bond acceptors (Lipinski definition) is 3. The summed E-state index contributed by atoms with van der Waals surface area (Å²) in [7, 11) is 3.63. The molecule has 0 fully saturated rings. The average molecular weight is 249 g/mol. The van der Waals surface area contributed by atoms with Gasteiger partial charge in [-0.1, -0.05) is 11.6 Å². The van der Waals surface area contributed by atoms with Gasteiger partial charge in [0.2, 0.25) is 0 Å². The molecule has 2 aromatic rings. The van der Waals surface area contributed by atoms with Crippen molar-refractivity contribution in [1.82, 2.24) is 4.98 Å². The molecule has 0 saturated heterocycles. The van der Waals surface area contributed by atoms with E-state index in [9.17, 15) is 0 Å². The zero-order valence-corrected chi connectivity index (χ0v) is 10.5. The van der Waals surface area contributed by atoms with E-state index in [1.54, 1.807) is 13.3 Å². The fourth-order valence-corrected chi connectivity index (χ4v) is 1.72. The van der Waals surface area contributed by atoms with Crippen LogP contribution in [0.4, 0.5) is 11.4 Å². The Balaban J connectivity index is 2.27. The van der Waals surface area contributed by atoms with Crippen LogP contribution in [0.2, 0.25) is 5.15 Å². The number of methoxy groups -OCH3 is 1. The summed E-state index contributed by atoms with van der Waals surface area (Å²) in [5.41, 5.74) is 2.06. The zero-order valence-electron chi connectivity index (χ0n) is 9.72. The fraction of sp³-hybridized carbons (Fsp3) is 0.154. The van der Waals surface area contributed by atoms with Gasteiger partial charge in [-0.2, -0.15) is 0 Å². The summed E-state index contributed by atoms with van der Waals surface area (Å²) >= 11 is 5.87. The molecular formula is C13H13ClN2O. The van der Waals surface area contributed by atoms with Crippen molar-refractivity contribution in [3.63, 3.8) is 0 Å². The van der Waals surface area contributed by atoms with E-state index in [1.807, 2.05) is 48.3 Å². The third kappa shape index (κ3) is 2.68. The fourth-order valence-electron chi connectivity index (χ4n) is 1.56. The Bertz CT molecular complexity index is 499. The van der Waals surface area contributed by atoms with Crippen LogP contribution in [0.3, 0.4) is 0 Å². The molecule has 0 radical (unpaired) electrons. The number of ether oxygens (including phenoxy) is 1. The Morgan fingerprint density at radius 1 is 1.12 bits per heavy atom. The van der Waals surface area contributed by atoms with Gasteiger partial charge in [0.1, 0.15) is 10.9 Å². The highest BCUT2D eigenvalue weighted by Gasteiger charge is 2.04. The molecule has 0 spiro atoms. The Morgan fingerprint density at radius 3 is 2.41 bits per heavy atom. The second-order valence-corrected chi connectivity index (χ2v) is 3.98. The van der Waals surface area contributed by atoms with Gasteiger partial charge in [0, 0.05) is 24.6 Å². The minimum absolute atomic E-state index is 0.489. The first-order valence-electron chi connectivity index (χ1n) is 5.20. The number of benzene rings is 1. The second-order valence-electron chi connectivity index (χ2n) is 3.59. The monoisotopic (exact) mass is 248 g/mol. The number of aromatic nitrogens is 1. The summed E-state index contributed by atoms with van der Waals surface area (Å²) in [6.07, 6.45) is 1.69. The summed E-state index contributed by atoms with van der Waals surface area (Å²) in [5.74, 6) is 0.843. The van der Waals surface area contributed by atoms with Crippen LogP contribution >= 0.6 is 11.6 Å². The molecule has 0 amide bonds. The van der Waals surface area contributed by atoms with Crippen molar-refractivity contribution in [2.75, 3.05) is 19.1 Å². The lowest BCUT2D eigenvalue weighted by molar-refractivity contribution is 0.415. The van der Waals surface area contributed by atoms with Crippen LogP contribution in [0.25, 0.3) is 0 Å². The second kappa shape index (κ2) is 5.06. The number of pyridine rings is 1. The van der Waals surface area contributed by atoms with Crippen molar-refractivity contribution in [2.24, 2.45) is 0 Å². The lowest BCUT2D eigenvalue weighted by Gasteiger charge is -2.19. The molecule has 2 rings (SSSR count). The smallest absolute Gasteiger partial charge is 0.131 e. The molecule has 1 aromatic carbocycles. The number of rotatable bonds is 3. The molecule has 0 aliphatic heterocycles. The molecule has 0 N–H and O–H groups in total. The van der Waals surface area contributed by atoms with Gasteiger partial charge in [0.15, 0.2) is 0 Å². The van der Waals surface area contributed by atoms with Crippen molar-refractivity contribution in [3.8, 4) is 5.75 Å². The number of anilines is 2. The van der Waals surface area contributed by atoms with Crippen LogP contribution in [0.5, 0.6) is 5.75 Å². The van der Waals surface area contributed by atoms with Crippen LogP contribution in [0.1, 0.15) is 0 Å². The molecule has 1 aromatic heterocycles. The molecule has 0 bridgehead atoms. The Kier molecular flexibility index (Phi) is 3.49. The maximum atomic E-state index is 5.87. The molecule has 0 aliphatic rings. The van der Waals surface area contributed by atoms with Gasteiger partial charge in [-0.3, -0.25) is 0 Å². The largest absolute Gasteiger partial charge is 0.497 e. The van der Waals surface area contributed by atoms with E-state index in [2.05, 4.69) is 4.98 Å². The van der Waals surface area contributed by atoms with Crippen LogP contribution in [0.15, 0.2) is 42.6 Å². The summed E-state index contributed by atoms with van der Waals surface area (Å²) in [6, 6.07) is 11.6. The van der Waals surface area contributed by atoms with Gasteiger partial charge in [-0.05, 0) is 36.4 Å². The van der Waals surface area contributed by atoms with E-state index in [0.29, 0.717) is 5.15 Å². The maximum Gasteiger partial charge on any atom is 0.131 e. The third-order valence-electron chi connectivity index (χ3n) is 2.56. The quantitative estimate of drug-likeness (QED) is 0.778. The number of halogens is 1. The zero-order chi connectivity index (χ0) is 12.3. The first-order chi connectivity index (χ1) is 8.20. The van der Waals surface area contributed by atoms with Crippen molar-refractivity contribution >= 4 is 23.0 Å². The van der Waals surface area contributed by atoms with Crippen molar-refractivity contribution in [3.05, 3.63) is 47.7 Å². The number of hydrogen-bond donors (Lipinski definition) is 0. The first kappa shape index (κ1) is 11.7. The predicted molar refractivity (Wildman–Crippen MR) is 70.3 cm³/mol. The lowest BCUT2D eigenvalue weighted by Crippen LogP contribution is -2.09. The van der Waals surface area contributed by atoms with Gasteiger partial charge in [-0.15, -0.1) is 0 Å². The van der Waals surface area contributed by atoms with Gasteiger partial charge in [0.25, 0.3) is 0 Å². The van der Waals surface area contributed by atoms with Crippen LogP contribution in [0, 0.1) is 0 Å². The standard InChI is InChI=1S/C13H13ClN2O/c1-16(11-7-8-15-13(14)9-11)10-3-5-12(17-2)6-4-10/h3-9H,1-2H3. The predicted octanol–water partition coefficient (Wildman–Crippen LogP) is 3.51. The highest BCUT2D eigenvalue weighted by Crippen LogP contribution is 2.26. The average Bonchev–Trinajstić information content (AvgIpc) is 2.38. The Morgan fingerprint density at radius 2 is 1.82 bits per heavy atom. The topological polar surface area (TPSA) is 25.4 Å². The molecule has 3 nitrogen and oxygen atoms in total. The molecule has 0 saturated carbocycles. The van der Waals surface area contributed by atoms with Crippen molar-refractivity contribution in [1.29, 1.82) is 0 Å². The molecule has 0 unspecified atom stereocenters. The molecule has 0 aliphatic carbocycles. The van der Waals surface area contributed by atoms with Crippen molar-refractivity contribution < 1.29 is 4.74 Å². The van der Waals surface area contributed by atoms with E-state index >= 15 is 0 Å². The summed E-state index contributed by atoms with van der Waals surface area (Å²) in [6.45, 7) is 0. The van der Waals surface area contributed by atoms with Gasteiger partial charge in [-0.25, -0.2) is 4.98 Å². The first-order valence-corrected chi connectivity index (χ1v) is 5.58. The highest BCUT2D eigenvalue weighted by molar-refractivity contribution is 6.29.